The van der Waals surface area contributed by atoms with Gasteiger partial charge in [0.25, 0.3) is 0 Å². The SMILES string of the molecule is C=C(C)C(C)CCCC(C)C(C)C(C)CC1(C)CC(C)C1C. The second-order valence-corrected chi connectivity index (χ2v) is 9.32. The Kier molecular flexibility index (Phi) is 7.21. The minimum absolute atomic E-state index is 0.612. The minimum Gasteiger partial charge on any atom is -0.0999 e. The predicted molar refractivity (Wildman–Crippen MR) is 101 cm³/mol. The normalized spacial score (nSPS) is 33.6. The van der Waals surface area contributed by atoms with E-state index >= 15 is 0 Å². The van der Waals surface area contributed by atoms with Crippen molar-refractivity contribution in [3.8, 4) is 0 Å². The lowest BCUT2D eigenvalue weighted by Crippen LogP contribution is -2.44. The summed E-state index contributed by atoms with van der Waals surface area (Å²) in [6.07, 6.45) is 6.91. The van der Waals surface area contributed by atoms with Crippen LogP contribution in [0.15, 0.2) is 12.2 Å². The fourth-order valence-corrected chi connectivity index (χ4v) is 4.63. The van der Waals surface area contributed by atoms with Crippen LogP contribution in [0.5, 0.6) is 0 Å². The maximum atomic E-state index is 4.09. The molecule has 0 nitrogen and oxygen atoms in total. The molecule has 1 aliphatic rings. The van der Waals surface area contributed by atoms with Crippen LogP contribution in [0.25, 0.3) is 0 Å². The lowest BCUT2D eigenvalue weighted by molar-refractivity contribution is -0.0319. The molecular formula is C22H42. The fourth-order valence-electron chi connectivity index (χ4n) is 4.63. The molecule has 0 aliphatic heterocycles. The zero-order chi connectivity index (χ0) is 17.1. The molecule has 0 aromatic heterocycles. The molecule has 0 radical (unpaired) electrons. The van der Waals surface area contributed by atoms with Crippen molar-refractivity contribution in [2.24, 2.45) is 40.9 Å². The molecule has 0 aromatic rings. The van der Waals surface area contributed by atoms with Gasteiger partial charge in [-0.05, 0) is 67.1 Å². The molecule has 0 N–H and O–H groups in total. The van der Waals surface area contributed by atoms with Gasteiger partial charge >= 0.3 is 0 Å². The summed E-state index contributed by atoms with van der Waals surface area (Å²) in [7, 11) is 0. The third-order valence-electron chi connectivity index (χ3n) is 7.46. The molecule has 0 saturated heterocycles. The van der Waals surface area contributed by atoms with Crippen molar-refractivity contribution in [2.45, 2.75) is 87.5 Å². The van der Waals surface area contributed by atoms with Crippen molar-refractivity contribution in [2.75, 3.05) is 0 Å². The third-order valence-corrected chi connectivity index (χ3v) is 7.46. The molecule has 130 valence electrons. The van der Waals surface area contributed by atoms with Gasteiger partial charge in [-0.3, -0.25) is 0 Å². The molecule has 0 aromatic carbocycles. The molecule has 0 bridgehead atoms. The molecule has 0 heterocycles. The van der Waals surface area contributed by atoms with Crippen LogP contribution in [-0.4, -0.2) is 0 Å². The van der Waals surface area contributed by atoms with Gasteiger partial charge in [0.2, 0.25) is 0 Å². The summed E-state index contributed by atoms with van der Waals surface area (Å²) in [4.78, 5) is 0. The Morgan fingerprint density at radius 3 is 2.14 bits per heavy atom. The molecule has 7 unspecified atom stereocenters. The van der Waals surface area contributed by atoms with Crippen LogP contribution in [0, 0.1) is 40.9 Å². The summed E-state index contributed by atoms with van der Waals surface area (Å²) in [6.45, 7) is 23.5. The van der Waals surface area contributed by atoms with Gasteiger partial charge in [-0.1, -0.05) is 73.5 Å². The smallest absolute Gasteiger partial charge is 0.0237 e. The van der Waals surface area contributed by atoms with E-state index in [1.807, 2.05) is 0 Å². The summed E-state index contributed by atoms with van der Waals surface area (Å²) in [5, 5.41) is 0. The van der Waals surface area contributed by atoms with Gasteiger partial charge in [0.1, 0.15) is 0 Å². The van der Waals surface area contributed by atoms with E-state index in [-0.39, 0.29) is 0 Å². The van der Waals surface area contributed by atoms with Crippen LogP contribution in [-0.2, 0) is 0 Å². The van der Waals surface area contributed by atoms with E-state index in [9.17, 15) is 0 Å². The first-order valence-electron chi connectivity index (χ1n) is 9.74. The molecule has 7 atom stereocenters. The minimum atomic E-state index is 0.612. The summed E-state index contributed by atoms with van der Waals surface area (Å²) in [5.41, 5.74) is 1.96. The Morgan fingerprint density at radius 1 is 1.09 bits per heavy atom. The third kappa shape index (κ3) is 4.87. The van der Waals surface area contributed by atoms with Gasteiger partial charge in [0.05, 0.1) is 0 Å². The summed E-state index contributed by atoms with van der Waals surface area (Å²) in [5.74, 6) is 5.09. The van der Waals surface area contributed by atoms with Crippen molar-refractivity contribution in [3.63, 3.8) is 0 Å². The summed E-state index contributed by atoms with van der Waals surface area (Å²) >= 11 is 0. The number of hydrogen-bond donors (Lipinski definition) is 0. The van der Waals surface area contributed by atoms with E-state index < -0.39 is 0 Å². The van der Waals surface area contributed by atoms with Crippen molar-refractivity contribution < 1.29 is 0 Å². The topological polar surface area (TPSA) is 0 Å². The number of rotatable bonds is 9. The van der Waals surface area contributed by atoms with Crippen LogP contribution >= 0.6 is 0 Å². The highest BCUT2D eigenvalue weighted by Crippen LogP contribution is 2.55. The van der Waals surface area contributed by atoms with E-state index in [0.717, 1.165) is 29.6 Å². The quantitative estimate of drug-likeness (QED) is 0.391. The maximum absolute atomic E-state index is 4.09. The Balaban J connectivity index is 2.36. The van der Waals surface area contributed by atoms with E-state index in [4.69, 9.17) is 0 Å². The average molecular weight is 307 g/mol. The summed E-state index contributed by atoms with van der Waals surface area (Å²) in [6, 6.07) is 0. The fraction of sp³-hybridized carbons (Fsp3) is 0.909. The van der Waals surface area contributed by atoms with Crippen LogP contribution < -0.4 is 0 Å². The summed E-state index contributed by atoms with van der Waals surface area (Å²) < 4.78 is 0. The molecular weight excluding hydrogens is 264 g/mol. The van der Waals surface area contributed by atoms with Gasteiger partial charge < -0.3 is 0 Å². The Bertz CT molecular complexity index is 355. The van der Waals surface area contributed by atoms with Gasteiger partial charge in [0.15, 0.2) is 0 Å². The zero-order valence-corrected chi connectivity index (χ0v) is 16.7. The lowest BCUT2D eigenvalue weighted by atomic mass is 9.52. The standard InChI is InChI=1S/C22H42/c1-15(2)16(3)11-10-12-17(4)20(7)18(5)13-22(9)14-19(6)21(22)8/h16-21H,1,10-14H2,2-9H3. The monoisotopic (exact) mass is 306 g/mol. The Hall–Kier alpha value is -0.260. The van der Waals surface area contributed by atoms with Crippen LogP contribution in [0.1, 0.15) is 87.5 Å². The molecule has 0 heteroatoms. The predicted octanol–water partition coefficient (Wildman–Crippen LogP) is 7.35. The average Bonchev–Trinajstić information content (AvgIpc) is 2.45. The lowest BCUT2D eigenvalue weighted by Gasteiger charge is -2.53. The first kappa shape index (κ1) is 19.8. The van der Waals surface area contributed by atoms with Gasteiger partial charge in [-0.15, -0.1) is 0 Å². The largest absolute Gasteiger partial charge is 0.0999 e. The zero-order valence-electron chi connectivity index (χ0n) is 16.7. The number of allylic oxidation sites excluding steroid dienone is 1. The molecule has 1 rings (SSSR count). The van der Waals surface area contributed by atoms with Gasteiger partial charge in [0, 0.05) is 0 Å². The second-order valence-electron chi connectivity index (χ2n) is 9.32. The highest BCUT2D eigenvalue weighted by atomic mass is 14.5. The van der Waals surface area contributed by atoms with Crippen molar-refractivity contribution in [3.05, 3.63) is 12.2 Å². The highest BCUT2D eigenvalue weighted by molar-refractivity contribution is 4.96. The van der Waals surface area contributed by atoms with Crippen molar-refractivity contribution >= 4 is 0 Å². The maximum Gasteiger partial charge on any atom is -0.0237 e. The number of hydrogen-bond acceptors (Lipinski definition) is 0. The van der Waals surface area contributed by atoms with Gasteiger partial charge in [-0.25, -0.2) is 0 Å². The molecule has 22 heavy (non-hydrogen) atoms. The molecule has 1 fully saturated rings. The van der Waals surface area contributed by atoms with E-state index in [1.54, 1.807) is 0 Å². The first-order chi connectivity index (χ1) is 10.1. The first-order valence-corrected chi connectivity index (χ1v) is 9.74. The van der Waals surface area contributed by atoms with Crippen LogP contribution in [0.2, 0.25) is 0 Å². The van der Waals surface area contributed by atoms with Crippen LogP contribution in [0.4, 0.5) is 0 Å². The van der Waals surface area contributed by atoms with E-state index in [1.165, 1.54) is 37.7 Å². The van der Waals surface area contributed by atoms with E-state index in [2.05, 4.69) is 62.0 Å². The Labute approximate surface area is 141 Å². The second kappa shape index (κ2) is 8.02. The van der Waals surface area contributed by atoms with E-state index in [0.29, 0.717) is 11.3 Å². The Morgan fingerprint density at radius 2 is 1.68 bits per heavy atom. The molecule has 1 aliphatic carbocycles. The molecule has 0 spiro atoms. The van der Waals surface area contributed by atoms with Crippen LogP contribution in [0.3, 0.4) is 0 Å². The van der Waals surface area contributed by atoms with Gasteiger partial charge in [-0.2, -0.15) is 0 Å². The molecule has 0 amide bonds. The highest BCUT2D eigenvalue weighted by Gasteiger charge is 2.46. The molecule has 1 saturated carbocycles. The van der Waals surface area contributed by atoms with Crippen molar-refractivity contribution in [1.82, 2.24) is 0 Å². The van der Waals surface area contributed by atoms with Crippen molar-refractivity contribution in [1.29, 1.82) is 0 Å².